The van der Waals surface area contributed by atoms with Crippen molar-refractivity contribution in [2.75, 3.05) is 0 Å². The highest BCUT2D eigenvalue weighted by atomic mass is 35.5. The second-order valence-electron chi connectivity index (χ2n) is 4.99. The van der Waals surface area contributed by atoms with Crippen molar-refractivity contribution in [3.05, 3.63) is 39.9 Å². The molecule has 6 nitrogen and oxygen atoms in total. The third-order valence-corrected chi connectivity index (χ3v) is 4.23. The summed E-state index contributed by atoms with van der Waals surface area (Å²) in [4.78, 5) is 25.9. The highest BCUT2D eigenvalue weighted by Crippen LogP contribution is 2.37. The van der Waals surface area contributed by atoms with E-state index >= 15 is 0 Å². The van der Waals surface area contributed by atoms with Gasteiger partial charge in [0.1, 0.15) is 38.2 Å². The van der Waals surface area contributed by atoms with Crippen LogP contribution in [0, 0.1) is 6.92 Å². The van der Waals surface area contributed by atoms with Crippen LogP contribution in [0.25, 0.3) is 38.9 Å². The maximum Gasteiger partial charge on any atom is 0.224 e. The number of aryl methyl sites for hydroxylation is 1. The fourth-order valence-corrected chi connectivity index (χ4v) is 3.34. The Morgan fingerprint density at radius 1 is 0.833 bits per heavy atom. The van der Waals surface area contributed by atoms with Gasteiger partial charge in [-0.15, -0.1) is 0 Å². The molecule has 0 aliphatic carbocycles. The van der Waals surface area contributed by atoms with Crippen molar-refractivity contribution in [3.8, 4) is 0 Å². The molecule has 4 rings (SSSR count). The molecular formula is C15H7Cl3N6. The summed E-state index contributed by atoms with van der Waals surface area (Å²) in [5.41, 5.74) is 2.54. The molecule has 118 valence electrons. The normalized spacial score (nSPS) is 11.5. The highest BCUT2D eigenvalue weighted by molar-refractivity contribution is 6.42. The number of fused-ring (bicyclic) bond motifs is 6. The Kier molecular flexibility index (Phi) is 3.49. The van der Waals surface area contributed by atoms with Crippen molar-refractivity contribution in [1.29, 1.82) is 0 Å². The molecule has 0 fully saturated rings. The van der Waals surface area contributed by atoms with Gasteiger partial charge in [0, 0.05) is 0 Å². The van der Waals surface area contributed by atoms with Crippen LogP contribution in [0.3, 0.4) is 0 Å². The molecule has 0 N–H and O–H groups in total. The first-order valence-corrected chi connectivity index (χ1v) is 7.90. The number of halogens is 3. The minimum absolute atomic E-state index is 0.00775. The quantitative estimate of drug-likeness (QED) is 0.277. The molecule has 9 heteroatoms. The number of rotatable bonds is 1. The van der Waals surface area contributed by atoms with Crippen LogP contribution in [0.15, 0.2) is 12.8 Å². The summed E-state index contributed by atoms with van der Waals surface area (Å²) in [6.45, 7) is 5.44. The van der Waals surface area contributed by atoms with Gasteiger partial charge in [-0.1, -0.05) is 29.8 Å². The highest BCUT2D eigenvalue weighted by Gasteiger charge is 2.20. The van der Waals surface area contributed by atoms with Gasteiger partial charge < -0.3 is 0 Å². The van der Waals surface area contributed by atoms with E-state index < -0.39 is 0 Å². The lowest BCUT2D eigenvalue weighted by atomic mass is 10.1. The van der Waals surface area contributed by atoms with Crippen LogP contribution < -0.4 is 0 Å². The molecule has 3 heterocycles. The number of nitrogens with zero attached hydrogens (tertiary/aromatic N) is 6. The Hall–Kier alpha value is -2.15. The molecule has 0 bridgehead atoms. The molecule has 0 saturated heterocycles. The molecule has 0 spiro atoms. The van der Waals surface area contributed by atoms with Gasteiger partial charge in [0.2, 0.25) is 5.28 Å². The van der Waals surface area contributed by atoms with Crippen LogP contribution in [-0.2, 0) is 0 Å². The van der Waals surface area contributed by atoms with E-state index in [1.54, 1.807) is 19.2 Å². The van der Waals surface area contributed by atoms with Gasteiger partial charge in [-0.2, -0.15) is 0 Å². The molecule has 0 aliphatic rings. The van der Waals surface area contributed by atoms with Crippen molar-refractivity contribution >= 4 is 73.7 Å². The predicted octanol–water partition coefficient (Wildman–Crippen LogP) is 4.43. The summed E-state index contributed by atoms with van der Waals surface area (Å²) in [5, 5.41) is 1.48. The lowest BCUT2D eigenvalue weighted by Gasteiger charge is -2.10. The van der Waals surface area contributed by atoms with E-state index in [4.69, 9.17) is 34.8 Å². The van der Waals surface area contributed by atoms with Gasteiger partial charge in [-0.05, 0) is 24.6 Å². The minimum atomic E-state index is 0.00775. The topological polar surface area (TPSA) is 77.3 Å². The fraction of sp³-hybridized carbons (Fsp3) is 0.0667. The van der Waals surface area contributed by atoms with Crippen molar-refractivity contribution in [3.63, 3.8) is 0 Å². The zero-order chi connectivity index (χ0) is 17.0. The Balaban J connectivity index is 2.43. The Bertz CT molecular complexity index is 1170. The summed E-state index contributed by atoms with van der Waals surface area (Å²) in [6, 6.07) is 0. The minimum Gasteiger partial charge on any atom is -0.251 e. The van der Waals surface area contributed by atoms with Crippen LogP contribution >= 0.6 is 34.8 Å². The zero-order valence-electron chi connectivity index (χ0n) is 12.2. The van der Waals surface area contributed by atoms with Crippen LogP contribution in [0.4, 0.5) is 0 Å². The van der Waals surface area contributed by atoms with Crippen molar-refractivity contribution in [1.82, 2.24) is 29.9 Å². The number of benzene rings is 1. The van der Waals surface area contributed by atoms with Crippen LogP contribution in [0.5, 0.6) is 0 Å². The molecule has 24 heavy (non-hydrogen) atoms. The Morgan fingerprint density at radius 3 is 2.21 bits per heavy atom. The molecule has 0 radical (unpaired) electrons. The van der Waals surface area contributed by atoms with E-state index in [0.717, 1.165) is 0 Å². The lowest BCUT2D eigenvalue weighted by molar-refractivity contribution is 1.09. The first kappa shape index (κ1) is 15.4. The van der Waals surface area contributed by atoms with E-state index in [1.807, 2.05) is 0 Å². The van der Waals surface area contributed by atoms with Crippen LogP contribution in [0.1, 0.15) is 11.5 Å². The molecule has 4 aromatic rings. The third-order valence-electron chi connectivity index (χ3n) is 3.51. The monoisotopic (exact) mass is 376 g/mol. The number of aromatic nitrogens is 6. The van der Waals surface area contributed by atoms with Crippen LogP contribution in [0.2, 0.25) is 15.6 Å². The molecule has 0 amide bonds. The smallest absolute Gasteiger partial charge is 0.224 e. The van der Waals surface area contributed by atoms with Gasteiger partial charge >= 0.3 is 0 Å². The predicted molar refractivity (Wildman–Crippen MR) is 95.6 cm³/mol. The largest absolute Gasteiger partial charge is 0.251 e. The first-order chi connectivity index (χ1) is 11.5. The average molecular weight is 378 g/mol. The van der Waals surface area contributed by atoms with Gasteiger partial charge in [-0.3, -0.25) is 4.98 Å². The molecule has 1 aromatic carbocycles. The Labute approximate surface area is 150 Å². The summed E-state index contributed by atoms with van der Waals surface area (Å²) in [7, 11) is 0. The van der Waals surface area contributed by atoms with E-state index in [9.17, 15) is 0 Å². The first-order valence-electron chi connectivity index (χ1n) is 6.77. The molecule has 0 aliphatic heterocycles. The zero-order valence-corrected chi connectivity index (χ0v) is 14.4. The molecule has 3 aromatic heterocycles. The molecule has 0 unspecified atom stereocenters. The fourth-order valence-electron chi connectivity index (χ4n) is 2.57. The van der Waals surface area contributed by atoms with Crippen molar-refractivity contribution < 1.29 is 0 Å². The maximum absolute atomic E-state index is 6.35. The van der Waals surface area contributed by atoms with E-state index in [-0.39, 0.29) is 15.6 Å². The second-order valence-corrected chi connectivity index (χ2v) is 6.04. The standard InChI is InChI=1S/C15H7Cl3N6/c1-3-6-4-19-9-7-11(20-5(2)21-13(7)16)12-8(10(9)22-6)14(17)24-15(18)23-12/h3-4H,1H2,2H3. The summed E-state index contributed by atoms with van der Waals surface area (Å²) >= 11 is 18.6. The van der Waals surface area contributed by atoms with Gasteiger partial charge in [0.15, 0.2) is 0 Å². The average Bonchev–Trinajstić information content (AvgIpc) is 2.53. The summed E-state index contributed by atoms with van der Waals surface area (Å²) in [5.74, 6) is 0.495. The Morgan fingerprint density at radius 2 is 1.46 bits per heavy atom. The molecular weight excluding hydrogens is 371 g/mol. The van der Waals surface area contributed by atoms with E-state index in [2.05, 4.69) is 36.5 Å². The van der Waals surface area contributed by atoms with Crippen molar-refractivity contribution in [2.45, 2.75) is 6.92 Å². The van der Waals surface area contributed by atoms with Gasteiger partial charge in [-0.25, -0.2) is 24.9 Å². The van der Waals surface area contributed by atoms with E-state index in [1.165, 1.54) is 0 Å². The molecule has 0 saturated carbocycles. The lowest BCUT2D eigenvalue weighted by Crippen LogP contribution is -1.99. The second kappa shape index (κ2) is 5.44. The van der Waals surface area contributed by atoms with E-state index in [0.29, 0.717) is 44.4 Å². The number of hydrogen-bond donors (Lipinski definition) is 0. The summed E-state index contributed by atoms with van der Waals surface area (Å²) < 4.78 is 0. The third kappa shape index (κ3) is 2.18. The molecule has 0 atom stereocenters. The number of hydrogen-bond acceptors (Lipinski definition) is 6. The summed E-state index contributed by atoms with van der Waals surface area (Å²) in [6.07, 6.45) is 3.17. The van der Waals surface area contributed by atoms with Crippen LogP contribution in [-0.4, -0.2) is 29.9 Å². The maximum atomic E-state index is 6.35. The van der Waals surface area contributed by atoms with Gasteiger partial charge in [0.25, 0.3) is 0 Å². The van der Waals surface area contributed by atoms with Crippen molar-refractivity contribution in [2.24, 2.45) is 0 Å². The van der Waals surface area contributed by atoms with Gasteiger partial charge in [0.05, 0.1) is 22.7 Å². The SMILES string of the molecule is C=Cc1cnc2c(n1)c1c(Cl)nc(Cl)nc1c1nc(C)nc(Cl)c21.